The zero-order valence-corrected chi connectivity index (χ0v) is 19.5. The van der Waals surface area contributed by atoms with Crippen LogP contribution in [0.3, 0.4) is 0 Å². The van der Waals surface area contributed by atoms with Crippen molar-refractivity contribution in [3.8, 4) is 11.5 Å². The summed E-state index contributed by atoms with van der Waals surface area (Å²) < 4.78 is 10.9. The van der Waals surface area contributed by atoms with E-state index in [-0.39, 0.29) is 29.1 Å². The van der Waals surface area contributed by atoms with Gasteiger partial charge in [0.15, 0.2) is 17.3 Å². The van der Waals surface area contributed by atoms with Gasteiger partial charge < -0.3 is 19.3 Å². The molecular formula is C26H28N4O5. The fourth-order valence-corrected chi connectivity index (χ4v) is 5.56. The first-order valence-corrected chi connectivity index (χ1v) is 12.2. The van der Waals surface area contributed by atoms with E-state index < -0.39 is 0 Å². The van der Waals surface area contributed by atoms with Crippen molar-refractivity contribution >= 4 is 23.2 Å². The van der Waals surface area contributed by atoms with Crippen LogP contribution in [0.1, 0.15) is 24.0 Å². The lowest BCUT2D eigenvalue weighted by Crippen LogP contribution is -2.46. The van der Waals surface area contributed by atoms with Crippen molar-refractivity contribution in [1.29, 1.82) is 0 Å². The van der Waals surface area contributed by atoms with Gasteiger partial charge in [-0.05, 0) is 42.7 Å². The number of nitrogens with zero attached hydrogens (tertiary/aromatic N) is 4. The largest absolute Gasteiger partial charge is 0.454 e. The summed E-state index contributed by atoms with van der Waals surface area (Å²) in [5.41, 5.74) is 3.63. The minimum Gasteiger partial charge on any atom is -0.454 e. The molecule has 0 amide bonds. The summed E-state index contributed by atoms with van der Waals surface area (Å²) in [6.07, 6.45) is 3.70. The number of rotatable bonds is 5. The van der Waals surface area contributed by atoms with Crippen molar-refractivity contribution in [1.82, 2.24) is 9.80 Å². The van der Waals surface area contributed by atoms with E-state index in [2.05, 4.69) is 20.8 Å². The summed E-state index contributed by atoms with van der Waals surface area (Å²) in [5.74, 6) is 1.85. The van der Waals surface area contributed by atoms with Crippen molar-refractivity contribution in [2.24, 2.45) is 5.92 Å². The number of carbonyl (C=O) groups is 1. The Morgan fingerprint density at radius 1 is 0.943 bits per heavy atom. The minimum atomic E-state index is -0.371. The average molecular weight is 477 g/mol. The number of nitro benzene ring substituents is 1. The van der Waals surface area contributed by atoms with E-state index >= 15 is 0 Å². The SMILES string of the molecule is O=C1C(=Cc2cc([N+](=O)[O-])ccc2N2CCN(Cc3ccc4c(c3)OCO4)CC2)N2CCC1CC2. The van der Waals surface area contributed by atoms with Crippen LogP contribution in [0.2, 0.25) is 0 Å². The Kier molecular flexibility index (Phi) is 5.56. The number of fused-ring (bicyclic) bond motifs is 4. The molecule has 35 heavy (non-hydrogen) atoms. The Morgan fingerprint density at radius 3 is 2.46 bits per heavy atom. The molecule has 0 saturated carbocycles. The smallest absolute Gasteiger partial charge is 0.270 e. The summed E-state index contributed by atoms with van der Waals surface area (Å²) >= 11 is 0. The van der Waals surface area contributed by atoms with E-state index in [0.29, 0.717) is 5.70 Å². The van der Waals surface area contributed by atoms with Gasteiger partial charge >= 0.3 is 0 Å². The number of piperazine rings is 1. The van der Waals surface area contributed by atoms with Crippen LogP contribution in [-0.4, -0.2) is 66.6 Å². The van der Waals surface area contributed by atoms with Crippen molar-refractivity contribution in [2.75, 3.05) is 51.0 Å². The molecule has 0 radical (unpaired) electrons. The molecule has 2 bridgehead atoms. The Labute approximate surface area is 203 Å². The molecule has 7 rings (SSSR count). The lowest BCUT2D eigenvalue weighted by atomic mass is 9.84. The van der Waals surface area contributed by atoms with E-state index in [4.69, 9.17) is 9.47 Å². The standard InChI is InChI=1S/C26H28N4O5/c31-26-19-5-7-28(8-6-19)23(26)15-20-14-21(30(32)33)2-3-22(20)29-11-9-27(10-12-29)16-18-1-4-24-25(13-18)35-17-34-24/h1-4,13-15,19H,5-12,16-17H2. The van der Waals surface area contributed by atoms with E-state index in [9.17, 15) is 14.9 Å². The number of nitro groups is 1. The molecule has 4 fully saturated rings. The molecule has 4 saturated heterocycles. The number of hydrogen-bond donors (Lipinski definition) is 0. The Hall–Kier alpha value is -3.59. The first-order valence-electron chi connectivity index (χ1n) is 12.2. The van der Waals surface area contributed by atoms with E-state index in [1.165, 1.54) is 5.56 Å². The number of benzene rings is 2. The molecule has 182 valence electrons. The predicted octanol–water partition coefficient (Wildman–Crippen LogP) is 3.28. The van der Waals surface area contributed by atoms with Crippen molar-refractivity contribution < 1.29 is 19.2 Å². The van der Waals surface area contributed by atoms with Crippen LogP contribution in [0.25, 0.3) is 6.08 Å². The Morgan fingerprint density at radius 2 is 1.71 bits per heavy atom. The van der Waals surface area contributed by atoms with Gasteiger partial charge in [-0.25, -0.2) is 0 Å². The lowest BCUT2D eigenvalue weighted by Gasteiger charge is -2.41. The van der Waals surface area contributed by atoms with Crippen molar-refractivity contribution in [2.45, 2.75) is 19.4 Å². The van der Waals surface area contributed by atoms with Crippen LogP contribution >= 0.6 is 0 Å². The average Bonchev–Trinajstić information content (AvgIpc) is 3.35. The molecule has 0 aromatic heterocycles. The summed E-state index contributed by atoms with van der Waals surface area (Å²) in [6, 6.07) is 11.1. The quantitative estimate of drug-likeness (QED) is 0.369. The van der Waals surface area contributed by atoms with Gasteiger partial charge in [0.05, 0.1) is 10.6 Å². The van der Waals surface area contributed by atoms with E-state index in [0.717, 1.165) is 81.4 Å². The molecule has 0 aliphatic carbocycles. The maximum atomic E-state index is 12.9. The number of carbonyl (C=O) groups excluding carboxylic acids is 1. The van der Waals surface area contributed by atoms with Gasteiger partial charge in [-0.3, -0.25) is 19.8 Å². The third kappa shape index (κ3) is 4.20. The van der Waals surface area contributed by atoms with Crippen molar-refractivity contribution in [3.05, 3.63) is 63.3 Å². The summed E-state index contributed by atoms with van der Waals surface area (Å²) in [7, 11) is 0. The maximum Gasteiger partial charge on any atom is 0.270 e. The second-order valence-electron chi connectivity index (χ2n) is 9.61. The first-order chi connectivity index (χ1) is 17.0. The number of piperidine rings is 3. The number of anilines is 1. The number of ether oxygens (including phenoxy) is 2. The van der Waals surface area contributed by atoms with Crippen LogP contribution in [0.5, 0.6) is 11.5 Å². The van der Waals surface area contributed by atoms with Gasteiger partial charge in [0.2, 0.25) is 6.79 Å². The maximum absolute atomic E-state index is 12.9. The topological polar surface area (TPSA) is 88.4 Å². The minimum absolute atomic E-state index is 0.0467. The molecule has 5 aliphatic heterocycles. The molecule has 0 unspecified atom stereocenters. The summed E-state index contributed by atoms with van der Waals surface area (Å²) in [5, 5.41) is 11.5. The Balaban J connectivity index is 1.20. The molecule has 5 aliphatic rings. The number of allylic oxidation sites excluding steroid dienone is 1. The highest BCUT2D eigenvalue weighted by atomic mass is 16.7. The molecule has 9 heteroatoms. The number of hydrogen-bond acceptors (Lipinski definition) is 8. The van der Waals surface area contributed by atoms with Gasteiger partial charge in [0.1, 0.15) is 0 Å². The second-order valence-corrected chi connectivity index (χ2v) is 9.61. The zero-order chi connectivity index (χ0) is 23.9. The Bertz CT molecular complexity index is 1200. The van der Waals surface area contributed by atoms with Crippen LogP contribution in [0, 0.1) is 16.0 Å². The molecule has 2 aromatic rings. The van der Waals surface area contributed by atoms with Crippen LogP contribution < -0.4 is 14.4 Å². The van der Waals surface area contributed by atoms with Crippen molar-refractivity contribution in [3.63, 3.8) is 0 Å². The summed E-state index contributed by atoms with van der Waals surface area (Å²) in [4.78, 5) is 30.8. The van der Waals surface area contributed by atoms with Crippen LogP contribution in [0.15, 0.2) is 42.1 Å². The van der Waals surface area contributed by atoms with Gasteiger partial charge in [0.25, 0.3) is 5.69 Å². The van der Waals surface area contributed by atoms with Gasteiger partial charge in [-0.15, -0.1) is 0 Å². The third-order valence-electron chi connectivity index (χ3n) is 7.53. The molecule has 0 atom stereocenters. The summed E-state index contributed by atoms with van der Waals surface area (Å²) in [6.45, 7) is 6.21. The fraction of sp³-hybridized carbons (Fsp3) is 0.423. The monoisotopic (exact) mass is 476 g/mol. The molecule has 2 aromatic carbocycles. The van der Waals surface area contributed by atoms with Crippen LogP contribution in [0.4, 0.5) is 11.4 Å². The van der Waals surface area contributed by atoms with Crippen LogP contribution in [-0.2, 0) is 11.3 Å². The molecule has 0 spiro atoms. The predicted molar refractivity (Wildman–Crippen MR) is 130 cm³/mol. The van der Waals surface area contributed by atoms with E-state index in [1.807, 2.05) is 24.3 Å². The van der Waals surface area contributed by atoms with E-state index in [1.54, 1.807) is 12.1 Å². The normalized spacial score (nSPS) is 21.3. The second kappa shape index (κ2) is 8.88. The lowest BCUT2D eigenvalue weighted by molar-refractivity contribution is -0.384. The highest BCUT2D eigenvalue weighted by Gasteiger charge is 2.36. The molecule has 0 N–H and O–H groups in total. The van der Waals surface area contributed by atoms with Gasteiger partial charge in [0, 0.05) is 75.1 Å². The highest BCUT2D eigenvalue weighted by molar-refractivity contribution is 6.02. The molecule has 9 nitrogen and oxygen atoms in total. The number of non-ortho nitro benzene ring substituents is 1. The highest BCUT2D eigenvalue weighted by Crippen LogP contribution is 2.36. The number of Topliss-reactive ketones (excluding diaryl/α,β-unsaturated/α-hetero) is 1. The zero-order valence-electron chi connectivity index (χ0n) is 19.5. The molecule has 5 heterocycles. The first kappa shape index (κ1) is 21.9. The van der Waals surface area contributed by atoms with Gasteiger partial charge in [-0.2, -0.15) is 0 Å². The third-order valence-corrected chi connectivity index (χ3v) is 7.53. The fourth-order valence-electron chi connectivity index (χ4n) is 5.56. The molecular weight excluding hydrogens is 448 g/mol. The number of ketones is 1. The van der Waals surface area contributed by atoms with Gasteiger partial charge in [-0.1, -0.05) is 6.07 Å².